The summed E-state index contributed by atoms with van der Waals surface area (Å²) >= 11 is 10.9. The van der Waals surface area contributed by atoms with E-state index >= 15 is 0 Å². The van der Waals surface area contributed by atoms with E-state index in [2.05, 4.69) is 13.8 Å². The predicted octanol–water partition coefficient (Wildman–Crippen LogP) is 3.53. The van der Waals surface area contributed by atoms with E-state index in [1.807, 2.05) is 0 Å². The number of esters is 2. The van der Waals surface area contributed by atoms with Gasteiger partial charge in [-0.25, -0.2) is 0 Å². The maximum atomic E-state index is 11.5. The van der Waals surface area contributed by atoms with Crippen LogP contribution in [-0.2, 0) is 19.1 Å². The van der Waals surface area contributed by atoms with E-state index < -0.39 is 18.0 Å². The van der Waals surface area contributed by atoms with Crippen molar-refractivity contribution in [2.24, 2.45) is 5.92 Å². The Bertz CT molecular complexity index is 282. The van der Waals surface area contributed by atoms with Crippen molar-refractivity contribution in [3.05, 3.63) is 0 Å². The van der Waals surface area contributed by atoms with E-state index in [0.717, 1.165) is 19.3 Å². The van der Waals surface area contributed by atoms with Gasteiger partial charge in [0.1, 0.15) is 12.0 Å². The molecule has 0 N–H and O–H groups in total. The molecule has 0 aliphatic heterocycles. The van der Waals surface area contributed by atoms with Crippen LogP contribution in [0.5, 0.6) is 0 Å². The molecule has 0 aliphatic carbocycles. The molecule has 0 saturated heterocycles. The summed E-state index contributed by atoms with van der Waals surface area (Å²) in [6, 6.07) is 0. The highest BCUT2D eigenvalue weighted by molar-refractivity contribution is 6.26. The lowest BCUT2D eigenvalue weighted by Crippen LogP contribution is -2.25. The number of ether oxygens (including phenoxy) is 2. The number of hydrogen-bond donors (Lipinski definition) is 0. The van der Waals surface area contributed by atoms with E-state index in [-0.39, 0.29) is 18.2 Å². The van der Waals surface area contributed by atoms with Crippen LogP contribution in [0.25, 0.3) is 0 Å². The van der Waals surface area contributed by atoms with Gasteiger partial charge in [-0.05, 0) is 12.3 Å². The monoisotopic (exact) mass is 326 g/mol. The molecule has 1 atom stereocenters. The van der Waals surface area contributed by atoms with Gasteiger partial charge in [0, 0.05) is 0 Å². The molecule has 0 aromatic heterocycles. The smallest absolute Gasteiger partial charge is 0.321 e. The predicted molar refractivity (Wildman–Crippen MR) is 80.2 cm³/mol. The van der Waals surface area contributed by atoms with Gasteiger partial charge >= 0.3 is 11.9 Å². The van der Waals surface area contributed by atoms with Gasteiger partial charge in [-0.1, -0.05) is 33.1 Å². The van der Waals surface area contributed by atoms with Crippen LogP contribution >= 0.6 is 23.2 Å². The SMILES string of the molecule is CC(C)CCCCCOC(=O)CC(CCl)OC(=O)CCl. The molecular weight excluding hydrogens is 303 g/mol. The Labute approximate surface area is 131 Å². The van der Waals surface area contributed by atoms with Gasteiger partial charge in [0.05, 0.1) is 18.9 Å². The molecule has 0 bridgehead atoms. The lowest BCUT2D eigenvalue weighted by Gasteiger charge is -2.13. The fourth-order valence-electron chi connectivity index (χ4n) is 1.61. The summed E-state index contributed by atoms with van der Waals surface area (Å²) in [6.07, 6.45) is 3.54. The van der Waals surface area contributed by atoms with Gasteiger partial charge in [0.2, 0.25) is 0 Å². The van der Waals surface area contributed by atoms with Crippen molar-refractivity contribution in [1.29, 1.82) is 0 Å². The summed E-state index contributed by atoms with van der Waals surface area (Å²) in [6.45, 7) is 4.78. The third-order valence-corrected chi connectivity index (χ3v) is 3.22. The highest BCUT2D eigenvalue weighted by atomic mass is 35.5. The third-order valence-electron chi connectivity index (χ3n) is 2.66. The minimum atomic E-state index is -0.670. The van der Waals surface area contributed by atoms with Crippen molar-refractivity contribution in [3.63, 3.8) is 0 Å². The van der Waals surface area contributed by atoms with Crippen molar-refractivity contribution in [2.45, 2.75) is 52.1 Å². The quantitative estimate of drug-likeness (QED) is 0.331. The summed E-state index contributed by atoms with van der Waals surface area (Å²) in [5, 5.41) is 0. The van der Waals surface area contributed by atoms with Gasteiger partial charge in [0.15, 0.2) is 0 Å². The van der Waals surface area contributed by atoms with Gasteiger partial charge in [-0.3, -0.25) is 9.59 Å². The summed E-state index contributed by atoms with van der Waals surface area (Å²) in [7, 11) is 0. The van der Waals surface area contributed by atoms with Gasteiger partial charge in [-0.2, -0.15) is 0 Å². The molecule has 0 fully saturated rings. The number of carbonyl (C=O) groups is 2. The molecule has 0 radical (unpaired) electrons. The van der Waals surface area contributed by atoms with Crippen LogP contribution in [0.15, 0.2) is 0 Å². The Balaban J connectivity index is 3.67. The summed E-state index contributed by atoms with van der Waals surface area (Å²) in [5.41, 5.74) is 0. The van der Waals surface area contributed by atoms with Crippen LogP contribution < -0.4 is 0 Å². The van der Waals surface area contributed by atoms with Crippen molar-refractivity contribution >= 4 is 35.1 Å². The highest BCUT2D eigenvalue weighted by Crippen LogP contribution is 2.09. The molecule has 0 spiro atoms. The summed E-state index contributed by atoms with van der Waals surface area (Å²) in [4.78, 5) is 22.5. The first-order valence-corrected chi connectivity index (χ1v) is 8.03. The fraction of sp³-hybridized carbons (Fsp3) is 0.857. The Kier molecular flexibility index (Phi) is 12.0. The Morgan fingerprint density at radius 2 is 1.75 bits per heavy atom. The molecule has 0 amide bonds. The topological polar surface area (TPSA) is 52.6 Å². The molecule has 0 aromatic carbocycles. The average Bonchev–Trinajstić information content (AvgIpc) is 2.41. The zero-order valence-corrected chi connectivity index (χ0v) is 13.7. The van der Waals surface area contributed by atoms with Crippen LogP contribution in [0.4, 0.5) is 0 Å². The lowest BCUT2D eigenvalue weighted by atomic mass is 10.1. The maximum absolute atomic E-state index is 11.5. The minimum absolute atomic E-state index is 0.0296. The van der Waals surface area contributed by atoms with E-state index in [9.17, 15) is 9.59 Å². The molecule has 0 saturated carbocycles. The number of carbonyl (C=O) groups excluding carboxylic acids is 2. The Morgan fingerprint density at radius 1 is 1.05 bits per heavy atom. The van der Waals surface area contributed by atoms with Crippen molar-refractivity contribution in [3.8, 4) is 0 Å². The van der Waals surface area contributed by atoms with Crippen LogP contribution in [0.1, 0.15) is 46.0 Å². The number of alkyl halides is 2. The van der Waals surface area contributed by atoms with Gasteiger partial charge in [-0.15, -0.1) is 23.2 Å². The van der Waals surface area contributed by atoms with Crippen molar-refractivity contribution < 1.29 is 19.1 Å². The van der Waals surface area contributed by atoms with Crippen molar-refractivity contribution in [1.82, 2.24) is 0 Å². The lowest BCUT2D eigenvalue weighted by molar-refractivity contribution is -0.152. The second-order valence-corrected chi connectivity index (χ2v) is 5.64. The number of hydrogen-bond acceptors (Lipinski definition) is 4. The van der Waals surface area contributed by atoms with E-state index in [0.29, 0.717) is 12.5 Å². The first kappa shape index (κ1) is 19.5. The van der Waals surface area contributed by atoms with Gasteiger partial charge in [0.25, 0.3) is 0 Å². The molecule has 0 rings (SSSR count). The molecule has 6 heteroatoms. The second-order valence-electron chi connectivity index (χ2n) is 5.07. The molecule has 1 unspecified atom stereocenters. The first-order chi connectivity index (χ1) is 9.49. The largest absolute Gasteiger partial charge is 0.466 e. The number of halogens is 2. The average molecular weight is 327 g/mol. The molecule has 0 aliphatic rings. The molecule has 118 valence electrons. The Hall–Kier alpha value is -0.480. The third kappa shape index (κ3) is 11.4. The van der Waals surface area contributed by atoms with E-state index in [1.54, 1.807) is 0 Å². The standard InChI is InChI=1S/C14H24Cl2O4/c1-11(2)6-4-3-5-7-19-13(17)8-12(9-15)20-14(18)10-16/h11-12H,3-10H2,1-2H3. The Morgan fingerprint density at radius 3 is 2.30 bits per heavy atom. The minimum Gasteiger partial charge on any atom is -0.466 e. The van der Waals surface area contributed by atoms with Crippen molar-refractivity contribution in [2.75, 3.05) is 18.4 Å². The number of rotatable bonds is 11. The van der Waals surface area contributed by atoms with Crippen LogP contribution in [0.2, 0.25) is 0 Å². The molecule has 0 aromatic rings. The molecular formula is C14H24Cl2O4. The number of unbranched alkanes of at least 4 members (excludes halogenated alkanes) is 2. The highest BCUT2D eigenvalue weighted by Gasteiger charge is 2.18. The zero-order valence-electron chi connectivity index (χ0n) is 12.2. The summed E-state index contributed by atoms with van der Waals surface area (Å²) < 4.78 is 9.96. The van der Waals surface area contributed by atoms with E-state index in [1.165, 1.54) is 6.42 Å². The van der Waals surface area contributed by atoms with Gasteiger partial charge < -0.3 is 9.47 Å². The second kappa shape index (κ2) is 12.3. The molecule has 0 heterocycles. The molecule has 4 nitrogen and oxygen atoms in total. The fourth-order valence-corrected chi connectivity index (χ4v) is 1.84. The molecule has 20 heavy (non-hydrogen) atoms. The van der Waals surface area contributed by atoms with Crippen LogP contribution in [0, 0.1) is 5.92 Å². The normalized spacial score (nSPS) is 12.2. The first-order valence-electron chi connectivity index (χ1n) is 6.96. The van der Waals surface area contributed by atoms with E-state index in [4.69, 9.17) is 32.7 Å². The van der Waals surface area contributed by atoms with Crippen LogP contribution in [-0.4, -0.2) is 36.4 Å². The van der Waals surface area contributed by atoms with Crippen LogP contribution in [0.3, 0.4) is 0 Å². The summed E-state index contributed by atoms with van der Waals surface area (Å²) in [5.74, 6) is -0.482. The zero-order chi connectivity index (χ0) is 15.4. The maximum Gasteiger partial charge on any atom is 0.321 e.